The minimum atomic E-state index is -0.902. The average molecular weight is 285 g/mol. The highest BCUT2D eigenvalue weighted by Crippen LogP contribution is 2.17. The van der Waals surface area contributed by atoms with E-state index in [1.54, 1.807) is 19.2 Å². The van der Waals surface area contributed by atoms with E-state index in [0.29, 0.717) is 12.1 Å². The van der Waals surface area contributed by atoms with Crippen molar-refractivity contribution < 1.29 is 14.6 Å². The van der Waals surface area contributed by atoms with Crippen molar-refractivity contribution in [2.75, 3.05) is 7.11 Å². The topological polar surface area (TPSA) is 58.6 Å². The van der Waals surface area contributed by atoms with Crippen LogP contribution in [0.5, 0.6) is 5.75 Å². The Balaban J connectivity index is 1.93. The maximum Gasteiger partial charge on any atom is 0.335 e. The van der Waals surface area contributed by atoms with E-state index in [-0.39, 0.29) is 6.04 Å². The minimum absolute atomic E-state index is 0.204. The van der Waals surface area contributed by atoms with Gasteiger partial charge in [-0.15, -0.1) is 0 Å². The fourth-order valence-electron chi connectivity index (χ4n) is 2.05. The molecule has 21 heavy (non-hydrogen) atoms. The number of aromatic carboxylic acids is 1. The lowest BCUT2D eigenvalue weighted by atomic mass is 10.1. The minimum Gasteiger partial charge on any atom is -0.497 e. The molecule has 0 heterocycles. The number of benzene rings is 2. The predicted octanol–water partition coefficient (Wildman–Crippen LogP) is 3.24. The molecule has 2 rings (SSSR count). The molecule has 0 aliphatic rings. The van der Waals surface area contributed by atoms with E-state index >= 15 is 0 Å². The van der Waals surface area contributed by atoms with Gasteiger partial charge in [0.1, 0.15) is 5.75 Å². The van der Waals surface area contributed by atoms with Crippen LogP contribution in [0.25, 0.3) is 0 Å². The van der Waals surface area contributed by atoms with Crippen LogP contribution in [0.3, 0.4) is 0 Å². The lowest BCUT2D eigenvalue weighted by Gasteiger charge is -2.15. The molecule has 0 spiro atoms. The normalized spacial score (nSPS) is 11.9. The van der Waals surface area contributed by atoms with E-state index < -0.39 is 5.97 Å². The van der Waals surface area contributed by atoms with Gasteiger partial charge in [0.2, 0.25) is 0 Å². The standard InChI is InChI=1S/C17H19NO3/c1-12(14-7-9-16(21-2)10-8-14)18-11-13-3-5-15(6-4-13)17(19)20/h3-10,12,18H,11H2,1-2H3,(H,19,20)/t12-/m1/s1. The van der Waals surface area contributed by atoms with Crippen LogP contribution in [0, 0.1) is 0 Å². The summed E-state index contributed by atoms with van der Waals surface area (Å²) in [6.45, 7) is 2.78. The van der Waals surface area contributed by atoms with Crippen molar-refractivity contribution in [1.29, 1.82) is 0 Å². The fourth-order valence-corrected chi connectivity index (χ4v) is 2.05. The molecule has 0 amide bonds. The molecule has 110 valence electrons. The summed E-state index contributed by atoms with van der Waals surface area (Å²) in [5, 5.41) is 12.3. The molecule has 0 bridgehead atoms. The van der Waals surface area contributed by atoms with Gasteiger partial charge in [-0.25, -0.2) is 4.79 Å². The number of carbonyl (C=O) groups is 1. The van der Waals surface area contributed by atoms with Crippen molar-refractivity contribution in [3.05, 3.63) is 65.2 Å². The third kappa shape index (κ3) is 4.07. The summed E-state index contributed by atoms with van der Waals surface area (Å²) in [6, 6.07) is 15.1. The Morgan fingerprint density at radius 2 is 1.76 bits per heavy atom. The molecular weight excluding hydrogens is 266 g/mol. The van der Waals surface area contributed by atoms with Gasteiger partial charge < -0.3 is 15.2 Å². The van der Waals surface area contributed by atoms with Crippen molar-refractivity contribution >= 4 is 5.97 Å². The Morgan fingerprint density at radius 1 is 1.14 bits per heavy atom. The Morgan fingerprint density at radius 3 is 2.29 bits per heavy atom. The van der Waals surface area contributed by atoms with Crippen molar-refractivity contribution in [2.24, 2.45) is 0 Å². The first-order valence-corrected chi connectivity index (χ1v) is 6.79. The van der Waals surface area contributed by atoms with Crippen LogP contribution in [0.4, 0.5) is 0 Å². The van der Waals surface area contributed by atoms with Gasteiger partial charge in [0, 0.05) is 12.6 Å². The molecule has 2 aromatic carbocycles. The van der Waals surface area contributed by atoms with E-state index in [9.17, 15) is 4.79 Å². The summed E-state index contributed by atoms with van der Waals surface area (Å²) in [4.78, 5) is 10.8. The van der Waals surface area contributed by atoms with Gasteiger partial charge >= 0.3 is 5.97 Å². The maximum atomic E-state index is 10.8. The molecule has 2 aromatic rings. The lowest BCUT2D eigenvalue weighted by molar-refractivity contribution is 0.0697. The molecule has 1 atom stereocenters. The van der Waals surface area contributed by atoms with Crippen LogP contribution >= 0.6 is 0 Å². The van der Waals surface area contributed by atoms with E-state index in [1.165, 1.54) is 5.56 Å². The number of rotatable bonds is 6. The first-order chi connectivity index (χ1) is 10.1. The SMILES string of the molecule is COc1ccc([C@@H](C)NCc2ccc(C(=O)O)cc2)cc1. The molecule has 4 heteroatoms. The number of hydrogen-bond acceptors (Lipinski definition) is 3. The van der Waals surface area contributed by atoms with Crippen LogP contribution < -0.4 is 10.1 Å². The van der Waals surface area contributed by atoms with Gasteiger partial charge in [-0.3, -0.25) is 0 Å². The highest BCUT2D eigenvalue weighted by molar-refractivity contribution is 5.87. The Kier molecular flexibility index (Phi) is 4.95. The molecule has 0 unspecified atom stereocenters. The molecule has 2 N–H and O–H groups in total. The van der Waals surface area contributed by atoms with Crippen molar-refractivity contribution in [3.8, 4) is 5.75 Å². The second-order valence-corrected chi connectivity index (χ2v) is 4.88. The fraction of sp³-hybridized carbons (Fsp3) is 0.235. The molecule has 0 radical (unpaired) electrons. The number of carboxylic acid groups (broad SMARTS) is 1. The van der Waals surface area contributed by atoms with Crippen LogP contribution in [-0.4, -0.2) is 18.2 Å². The van der Waals surface area contributed by atoms with Gasteiger partial charge in [0.15, 0.2) is 0 Å². The molecular formula is C17H19NO3. The molecule has 0 fully saturated rings. The molecule has 0 aliphatic heterocycles. The van der Waals surface area contributed by atoms with Gasteiger partial charge in [-0.1, -0.05) is 24.3 Å². The number of ether oxygens (including phenoxy) is 1. The summed E-state index contributed by atoms with van der Waals surface area (Å²) >= 11 is 0. The number of hydrogen-bond donors (Lipinski definition) is 2. The Labute approximate surface area is 124 Å². The smallest absolute Gasteiger partial charge is 0.335 e. The van der Waals surface area contributed by atoms with Crippen LogP contribution in [0.1, 0.15) is 34.5 Å². The predicted molar refractivity (Wildman–Crippen MR) is 81.7 cm³/mol. The summed E-state index contributed by atoms with van der Waals surface area (Å²) < 4.78 is 5.14. The summed E-state index contributed by atoms with van der Waals surface area (Å²) in [5.74, 6) is -0.0590. The van der Waals surface area contributed by atoms with Crippen molar-refractivity contribution in [3.63, 3.8) is 0 Å². The van der Waals surface area contributed by atoms with Crippen LogP contribution in [0.2, 0.25) is 0 Å². The number of carboxylic acids is 1. The first kappa shape index (κ1) is 15.1. The van der Waals surface area contributed by atoms with E-state index in [2.05, 4.69) is 12.2 Å². The van der Waals surface area contributed by atoms with E-state index in [0.717, 1.165) is 11.3 Å². The average Bonchev–Trinajstić information content (AvgIpc) is 2.53. The van der Waals surface area contributed by atoms with Gasteiger partial charge in [0.25, 0.3) is 0 Å². The van der Waals surface area contributed by atoms with Crippen LogP contribution in [0.15, 0.2) is 48.5 Å². The Hall–Kier alpha value is -2.33. The highest BCUT2D eigenvalue weighted by atomic mass is 16.5. The van der Waals surface area contributed by atoms with E-state index in [1.807, 2.05) is 36.4 Å². The second kappa shape index (κ2) is 6.90. The van der Waals surface area contributed by atoms with Gasteiger partial charge in [-0.2, -0.15) is 0 Å². The molecule has 0 aromatic heterocycles. The molecule has 0 aliphatic carbocycles. The zero-order valence-electron chi connectivity index (χ0n) is 12.2. The second-order valence-electron chi connectivity index (χ2n) is 4.88. The highest BCUT2D eigenvalue weighted by Gasteiger charge is 2.06. The monoisotopic (exact) mass is 285 g/mol. The van der Waals surface area contributed by atoms with Crippen molar-refractivity contribution in [1.82, 2.24) is 5.32 Å². The lowest BCUT2D eigenvalue weighted by Crippen LogP contribution is -2.18. The van der Waals surface area contributed by atoms with E-state index in [4.69, 9.17) is 9.84 Å². The summed E-state index contributed by atoms with van der Waals surface area (Å²) in [5.41, 5.74) is 2.54. The Bertz CT molecular complexity index is 590. The molecule has 4 nitrogen and oxygen atoms in total. The third-order valence-corrected chi connectivity index (χ3v) is 3.43. The largest absolute Gasteiger partial charge is 0.497 e. The first-order valence-electron chi connectivity index (χ1n) is 6.79. The number of methoxy groups -OCH3 is 1. The van der Waals surface area contributed by atoms with Gasteiger partial charge in [0.05, 0.1) is 12.7 Å². The number of nitrogens with one attached hydrogen (secondary N) is 1. The molecule has 0 saturated carbocycles. The third-order valence-electron chi connectivity index (χ3n) is 3.43. The van der Waals surface area contributed by atoms with Crippen molar-refractivity contribution in [2.45, 2.75) is 19.5 Å². The van der Waals surface area contributed by atoms with Crippen LogP contribution in [-0.2, 0) is 6.54 Å². The zero-order valence-corrected chi connectivity index (χ0v) is 12.2. The zero-order chi connectivity index (χ0) is 15.2. The quantitative estimate of drug-likeness (QED) is 0.855. The summed E-state index contributed by atoms with van der Waals surface area (Å²) in [6.07, 6.45) is 0. The summed E-state index contributed by atoms with van der Waals surface area (Å²) in [7, 11) is 1.65. The van der Waals surface area contributed by atoms with Gasteiger partial charge in [-0.05, 0) is 42.3 Å². The maximum absolute atomic E-state index is 10.8. The molecule has 0 saturated heterocycles.